The minimum Gasteiger partial charge on any atom is -0.493 e. The van der Waals surface area contributed by atoms with Crippen LogP contribution in [-0.2, 0) is 0 Å². The summed E-state index contributed by atoms with van der Waals surface area (Å²) in [5.41, 5.74) is 1.40. The largest absolute Gasteiger partial charge is 0.493 e. The number of ether oxygens (including phenoxy) is 1. The van der Waals surface area contributed by atoms with Gasteiger partial charge >= 0.3 is 0 Å². The van der Waals surface area contributed by atoms with Crippen molar-refractivity contribution in [1.82, 2.24) is 10.2 Å². The van der Waals surface area contributed by atoms with E-state index in [1.54, 1.807) is 0 Å². The molecule has 2 heterocycles. The number of nitrogens with one attached hydrogen (secondary N) is 1. The minimum absolute atomic E-state index is 0.593. The molecule has 1 fully saturated rings. The summed E-state index contributed by atoms with van der Waals surface area (Å²) in [7, 11) is 0. The van der Waals surface area contributed by atoms with E-state index in [1.807, 2.05) is 0 Å². The molecule has 1 aromatic rings. The maximum absolute atomic E-state index is 5.78. The Balaban J connectivity index is 1.74. The normalized spacial score (nSPS) is 31.2. The summed E-state index contributed by atoms with van der Waals surface area (Å²) in [6, 6.07) is 9.82. The van der Waals surface area contributed by atoms with Crippen LogP contribution in [0.2, 0.25) is 0 Å². The zero-order chi connectivity index (χ0) is 13.9. The molecule has 110 valence electrons. The summed E-state index contributed by atoms with van der Waals surface area (Å²) in [6.07, 6.45) is 2.39. The van der Waals surface area contributed by atoms with Gasteiger partial charge in [-0.3, -0.25) is 4.90 Å². The van der Waals surface area contributed by atoms with E-state index in [4.69, 9.17) is 4.74 Å². The molecule has 1 saturated heterocycles. The number of rotatable bonds is 2. The van der Waals surface area contributed by atoms with Gasteiger partial charge in [0.05, 0.1) is 6.61 Å². The van der Waals surface area contributed by atoms with Gasteiger partial charge in [-0.25, -0.2) is 0 Å². The van der Waals surface area contributed by atoms with Gasteiger partial charge in [0.15, 0.2) is 0 Å². The molecule has 3 nitrogen and oxygen atoms in total. The van der Waals surface area contributed by atoms with Crippen molar-refractivity contribution in [2.45, 2.75) is 44.7 Å². The fraction of sp³-hybridized carbons (Fsp3) is 0.647. The van der Waals surface area contributed by atoms with Gasteiger partial charge in [-0.1, -0.05) is 18.2 Å². The van der Waals surface area contributed by atoms with E-state index in [9.17, 15) is 0 Å². The van der Waals surface area contributed by atoms with Crippen LogP contribution in [0.1, 0.15) is 38.2 Å². The number of hydrogen-bond acceptors (Lipinski definition) is 3. The molecule has 3 atom stereocenters. The van der Waals surface area contributed by atoms with E-state index in [0.717, 1.165) is 38.4 Å². The first-order valence-corrected chi connectivity index (χ1v) is 7.93. The van der Waals surface area contributed by atoms with E-state index in [0.29, 0.717) is 18.0 Å². The molecule has 3 heteroatoms. The van der Waals surface area contributed by atoms with Crippen LogP contribution < -0.4 is 10.1 Å². The number of hydrogen-bond donors (Lipinski definition) is 1. The molecule has 2 aliphatic rings. The van der Waals surface area contributed by atoms with Crippen LogP contribution in [0.3, 0.4) is 0 Å². The van der Waals surface area contributed by atoms with Gasteiger partial charge in [-0.15, -0.1) is 0 Å². The van der Waals surface area contributed by atoms with E-state index < -0.39 is 0 Å². The van der Waals surface area contributed by atoms with Gasteiger partial charge in [0.25, 0.3) is 0 Å². The van der Waals surface area contributed by atoms with Crippen LogP contribution in [0.15, 0.2) is 24.3 Å². The van der Waals surface area contributed by atoms with Crippen LogP contribution in [0, 0.1) is 0 Å². The zero-order valence-corrected chi connectivity index (χ0v) is 12.6. The first-order valence-electron chi connectivity index (χ1n) is 7.93. The Hall–Kier alpha value is -1.06. The number of nitrogens with zero attached hydrogens (tertiary/aromatic N) is 1. The monoisotopic (exact) mass is 274 g/mol. The van der Waals surface area contributed by atoms with Crippen LogP contribution in [0.25, 0.3) is 0 Å². The predicted octanol–water partition coefficient (Wildman–Crippen LogP) is 2.62. The lowest BCUT2D eigenvalue weighted by Gasteiger charge is -2.34. The first-order chi connectivity index (χ1) is 9.74. The van der Waals surface area contributed by atoms with Crippen molar-refractivity contribution in [2.24, 2.45) is 0 Å². The maximum Gasteiger partial charge on any atom is 0.122 e. The number of para-hydroxylation sites is 1. The third kappa shape index (κ3) is 2.99. The summed E-state index contributed by atoms with van der Waals surface area (Å²) in [5, 5.41) is 3.59. The molecule has 0 amide bonds. The van der Waals surface area contributed by atoms with E-state index in [1.165, 1.54) is 12.0 Å². The molecular weight excluding hydrogens is 248 g/mol. The third-order valence-electron chi connectivity index (χ3n) is 4.72. The smallest absolute Gasteiger partial charge is 0.122 e. The average Bonchev–Trinajstić information content (AvgIpc) is 2.61. The highest BCUT2D eigenvalue weighted by Crippen LogP contribution is 2.34. The molecule has 2 aliphatic heterocycles. The molecule has 0 spiro atoms. The Labute approximate surface area is 122 Å². The zero-order valence-electron chi connectivity index (χ0n) is 12.6. The molecule has 3 unspecified atom stereocenters. The summed E-state index contributed by atoms with van der Waals surface area (Å²) in [4.78, 5) is 2.66. The lowest BCUT2D eigenvalue weighted by Crippen LogP contribution is -2.41. The topological polar surface area (TPSA) is 24.5 Å². The Bertz CT molecular complexity index is 448. The summed E-state index contributed by atoms with van der Waals surface area (Å²) >= 11 is 0. The second-order valence-electron chi connectivity index (χ2n) is 6.32. The molecule has 0 aliphatic carbocycles. The van der Waals surface area contributed by atoms with Crippen molar-refractivity contribution in [3.63, 3.8) is 0 Å². The van der Waals surface area contributed by atoms with Crippen molar-refractivity contribution >= 4 is 0 Å². The van der Waals surface area contributed by atoms with E-state index >= 15 is 0 Å². The molecule has 3 rings (SSSR count). The highest BCUT2D eigenvalue weighted by atomic mass is 16.5. The fourth-order valence-corrected chi connectivity index (χ4v) is 3.46. The molecule has 0 radical (unpaired) electrons. The molecule has 1 N–H and O–H groups in total. The standard InChI is InChI=1S/C17H26N2O/c1-13-11-19(14(2)7-9-18-13)12-15-8-10-20-17-6-4-3-5-16(15)17/h3-6,13-15,18H,7-12H2,1-2H3. The van der Waals surface area contributed by atoms with Crippen molar-refractivity contribution in [3.8, 4) is 5.75 Å². The first kappa shape index (κ1) is 13.9. The Morgan fingerprint density at radius 1 is 1.25 bits per heavy atom. The number of fused-ring (bicyclic) bond motifs is 1. The van der Waals surface area contributed by atoms with Crippen molar-refractivity contribution in [2.75, 3.05) is 26.2 Å². The van der Waals surface area contributed by atoms with E-state index in [-0.39, 0.29) is 0 Å². The van der Waals surface area contributed by atoms with Crippen molar-refractivity contribution < 1.29 is 4.74 Å². The minimum atomic E-state index is 0.593. The van der Waals surface area contributed by atoms with Gasteiger partial charge in [0.1, 0.15) is 5.75 Å². The predicted molar refractivity (Wildman–Crippen MR) is 82.4 cm³/mol. The molecule has 0 bridgehead atoms. The second kappa shape index (κ2) is 6.15. The highest BCUT2D eigenvalue weighted by Gasteiger charge is 2.27. The van der Waals surface area contributed by atoms with Gasteiger partial charge in [0, 0.05) is 31.1 Å². The van der Waals surface area contributed by atoms with Crippen LogP contribution in [0.5, 0.6) is 5.75 Å². The lowest BCUT2D eigenvalue weighted by atomic mass is 9.92. The van der Waals surface area contributed by atoms with Crippen molar-refractivity contribution in [1.29, 1.82) is 0 Å². The Morgan fingerprint density at radius 2 is 2.10 bits per heavy atom. The summed E-state index contributed by atoms with van der Waals surface area (Å²) in [5.74, 6) is 1.71. The van der Waals surface area contributed by atoms with Gasteiger partial charge < -0.3 is 10.1 Å². The summed E-state index contributed by atoms with van der Waals surface area (Å²) in [6.45, 7) is 8.98. The quantitative estimate of drug-likeness (QED) is 0.897. The van der Waals surface area contributed by atoms with Crippen LogP contribution >= 0.6 is 0 Å². The van der Waals surface area contributed by atoms with Gasteiger partial charge in [0.2, 0.25) is 0 Å². The lowest BCUT2D eigenvalue weighted by molar-refractivity contribution is 0.172. The Kier molecular flexibility index (Phi) is 4.27. The van der Waals surface area contributed by atoms with Gasteiger partial charge in [-0.2, -0.15) is 0 Å². The fourth-order valence-electron chi connectivity index (χ4n) is 3.46. The Morgan fingerprint density at radius 3 is 3.00 bits per heavy atom. The van der Waals surface area contributed by atoms with E-state index in [2.05, 4.69) is 48.3 Å². The van der Waals surface area contributed by atoms with Crippen LogP contribution in [0.4, 0.5) is 0 Å². The van der Waals surface area contributed by atoms with Crippen molar-refractivity contribution in [3.05, 3.63) is 29.8 Å². The third-order valence-corrected chi connectivity index (χ3v) is 4.72. The molecule has 1 aromatic carbocycles. The molecule has 0 aromatic heterocycles. The second-order valence-corrected chi connectivity index (χ2v) is 6.32. The number of benzene rings is 1. The average molecular weight is 274 g/mol. The molecule has 20 heavy (non-hydrogen) atoms. The van der Waals surface area contributed by atoms with Gasteiger partial charge in [-0.05, 0) is 44.9 Å². The molecule has 0 saturated carbocycles. The highest BCUT2D eigenvalue weighted by molar-refractivity contribution is 5.38. The summed E-state index contributed by atoms with van der Waals surface area (Å²) < 4.78 is 5.78. The SMILES string of the molecule is CC1CN(CC2CCOc3ccccc32)C(C)CCN1. The molecular formula is C17H26N2O. The van der Waals surface area contributed by atoms with Crippen LogP contribution in [-0.4, -0.2) is 43.2 Å². The maximum atomic E-state index is 5.78.